The van der Waals surface area contributed by atoms with Crippen molar-refractivity contribution in [3.8, 4) is 0 Å². The minimum atomic E-state index is -0.435. The minimum Gasteiger partial charge on any atom is -0.368 e. The molecule has 2 aromatic heterocycles. The number of anilines is 1. The highest BCUT2D eigenvalue weighted by Crippen LogP contribution is 2.33. The summed E-state index contributed by atoms with van der Waals surface area (Å²) in [5.41, 5.74) is 0. The molecule has 3 heterocycles. The van der Waals surface area contributed by atoms with Crippen LogP contribution in [0.2, 0.25) is 0 Å². The fourth-order valence-electron chi connectivity index (χ4n) is 2.41. The van der Waals surface area contributed by atoms with Crippen LogP contribution in [0.5, 0.6) is 0 Å². The Morgan fingerprint density at radius 3 is 3.19 bits per heavy atom. The zero-order chi connectivity index (χ0) is 14.8. The molecule has 0 unspecified atom stereocenters. The molecule has 8 nitrogen and oxygen atoms in total. The van der Waals surface area contributed by atoms with Gasteiger partial charge in [0.1, 0.15) is 18.1 Å². The summed E-state index contributed by atoms with van der Waals surface area (Å²) in [6, 6.07) is 0.0171. The third-order valence-electron chi connectivity index (χ3n) is 3.42. The van der Waals surface area contributed by atoms with Gasteiger partial charge in [0.05, 0.1) is 11.0 Å². The van der Waals surface area contributed by atoms with E-state index < -0.39 is 4.92 Å². The van der Waals surface area contributed by atoms with Gasteiger partial charge in [-0.15, -0.1) is 0 Å². The number of rotatable bonds is 5. The van der Waals surface area contributed by atoms with Crippen LogP contribution in [0.4, 0.5) is 10.1 Å². The van der Waals surface area contributed by atoms with Crippen molar-refractivity contribution in [2.75, 3.05) is 11.9 Å². The van der Waals surface area contributed by atoms with E-state index in [-0.39, 0.29) is 17.1 Å². The van der Waals surface area contributed by atoms with Crippen LogP contribution in [0.15, 0.2) is 18.6 Å². The lowest BCUT2D eigenvalue weighted by Gasteiger charge is -2.19. The molecule has 112 valence electrons. The summed E-state index contributed by atoms with van der Waals surface area (Å²) >= 11 is 1.03. The number of imidazole rings is 1. The Hall–Kier alpha value is -2.00. The number of thiazole rings is 1. The molecule has 0 spiro atoms. The number of ether oxygens (including phenoxy) is 1. The minimum absolute atomic E-state index is 0.0171. The second-order valence-corrected chi connectivity index (χ2v) is 5.67. The van der Waals surface area contributed by atoms with Gasteiger partial charge < -0.3 is 14.6 Å². The lowest BCUT2D eigenvalue weighted by atomic mass is 10.1. The number of nitrogens with one attached hydrogen (secondary N) is 1. The third-order valence-corrected chi connectivity index (χ3v) is 4.30. The van der Waals surface area contributed by atoms with E-state index in [4.69, 9.17) is 4.74 Å². The normalized spacial score (nSPS) is 21.6. The zero-order valence-corrected chi connectivity index (χ0v) is 12.2. The number of aryl methyl sites for hydroxylation is 1. The molecule has 1 N–H and O–H groups in total. The molecule has 1 saturated heterocycles. The molecule has 21 heavy (non-hydrogen) atoms. The van der Waals surface area contributed by atoms with Gasteiger partial charge in [0.2, 0.25) is 0 Å². The molecule has 1 aliphatic rings. The fourth-order valence-corrected chi connectivity index (χ4v) is 3.11. The van der Waals surface area contributed by atoms with Crippen molar-refractivity contribution < 1.29 is 9.66 Å². The van der Waals surface area contributed by atoms with E-state index >= 15 is 0 Å². The van der Waals surface area contributed by atoms with Gasteiger partial charge in [-0.05, 0) is 24.7 Å². The van der Waals surface area contributed by atoms with Gasteiger partial charge in [-0.1, -0.05) is 0 Å². The van der Waals surface area contributed by atoms with E-state index in [1.54, 1.807) is 6.20 Å². The average Bonchev–Trinajstić information content (AvgIpc) is 3.18. The molecule has 1 fully saturated rings. The van der Waals surface area contributed by atoms with Gasteiger partial charge in [-0.3, -0.25) is 10.1 Å². The number of hydrogen-bond acceptors (Lipinski definition) is 7. The highest BCUT2D eigenvalue weighted by molar-refractivity contribution is 7.18. The first-order valence-electron chi connectivity index (χ1n) is 6.68. The van der Waals surface area contributed by atoms with Crippen LogP contribution in [0.3, 0.4) is 0 Å². The maximum Gasteiger partial charge on any atom is 0.345 e. The van der Waals surface area contributed by atoms with Crippen molar-refractivity contribution in [2.24, 2.45) is 0 Å². The maximum atomic E-state index is 10.7. The molecule has 0 radical (unpaired) electrons. The van der Waals surface area contributed by atoms with Crippen molar-refractivity contribution in [3.63, 3.8) is 0 Å². The average molecular weight is 309 g/mol. The summed E-state index contributed by atoms with van der Waals surface area (Å²) < 4.78 is 7.81. The fraction of sp³-hybridized carbons (Fsp3) is 0.500. The van der Waals surface area contributed by atoms with Crippen LogP contribution >= 0.6 is 11.3 Å². The summed E-state index contributed by atoms with van der Waals surface area (Å²) in [6.45, 7) is 3.50. The van der Waals surface area contributed by atoms with E-state index in [1.165, 1.54) is 6.20 Å². The van der Waals surface area contributed by atoms with Gasteiger partial charge in [-0.25, -0.2) is 9.97 Å². The number of aromatic nitrogens is 3. The molecule has 1 aliphatic heterocycles. The molecular formula is C12H15N5O3S. The Labute approximate surface area is 124 Å². The van der Waals surface area contributed by atoms with Crippen LogP contribution in [0.25, 0.3) is 0 Å². The molecule has 0 amide bonds. The second-order valence-electron chi connectivity index (χ2n) is 4.66. The number of hydrogen-bond donors (Lipinski definition) is 1. The molecule has 2 atom stereocenters. The smallest absolute Gasteiger partial charge is 0.345 e. The second kappa shape index (κ2) is 5.78. The monoisotopic (exact) mass is 309 g/mol. The van der Waals surface area contributed by atoms with E-state index in [9.17, 15) is 10.1 Å². The molecule has 9 heteroatoms. The van der Waals surface area contributed by atoms with E-state index in [0.29, 0.717) is 11.7 Å². The Bertz CT molecular complexity index is 640. The number of nitro groups is 1. The lowest BCUT2D eigenvalue weighted by Crippen LogP contribution is -2.25. The third kappa shape index (κ3) is 2.74. The van der Waals surface area contributed by atoms with Crippen molar-refractivity contribution in [1.82, 2.24) is 14.5 Å². The van der Waals surface area contributed by atoms with E-state index in [0.717, 1.165) is 30.1 Å². The number of nitrogens with zero attached hydrogens (tertiary/aromatic N) is 4. The maximum absolute atomic E-state index is 10.7. The summed E-state index contributed by atoms with van der Waals surface area (Å²) in [5.74, 6) is 0.874. The summed E-state index contributed by atoms with van der Waals surface area (Å²) in [4.78, 5) is 18.7. The molecule has 3 rings (SSSR count). The van der Waals surface area contributed by atoms with Gasteiger partial charge in [-0.2, -0.15) is 0 Å². The highest BCUT2D eigenvalue weighted by Gasteiger charge is 2.33. The van der Waals surface area contributed by atoms with Crippen LogP contribution in [0, 0.1) is 10.1 Å². The van der Waals surface area contributed by atoms with Gasteiger partial charge >= 0.3 is 5.00 Å². The van der Waals surface area contributed by atoms with Crippen molar-refractivity contribution >= 4 is 21.5 Å². The van der Waals surface area contributed by atoms with E-state index in [2.05, 4.69) is 15.3 Å². The molecular weight excluding hydrogens is 294 g/mol. The zero-order valence-electron chi connectivity index (χ0n) is 11.4. The first-order valence-corrected chi connectivity index (χ1v) is 7.50. The Morgan fingerprint density at radius 1 is 1.62 bits per heavy atom. The van der Waals surface area contributed by atoms with Crippen LogP contribution in [0.1, 0.15) is 25.3 Å². The van der Waals surface area contributed by atoms with Gasteiger partial charge in [0, 0.05) is 25.5 Å². The van der Waals surface area contributed by atoms with Crippen LogP contribution < -0.4 is 5.32 Å². The molecule has 0 bridgehead atoms. The predicted octanol–water partition coefficient (Wildman–Crippen LogP) is 2.21. The Balaban J connectivity index is 1.76. The van der Waals surface area contributed by atoms with Crippen molar-refractivity contribution in [1.29, 1.82) is 0 Å². The first-order chi connectivity index (χ1) is 10.2. The predicted molar refractivity (Wildman–Crippen MR) is 77.4 cm³/mol. The van der Waals surface area contributed by atoms with E-state index in [1.807, 2.05) is 17.7 Å². The summed E-state index contributed by atoms with van der Waals surface area (Å²) in [6.07, 6.45) is 5.59. The van der Waals surface area contributed by atoms with Crippen LogP contribution in [-0.4, -0.2) is 32.1 Å². The largest absolute Gasteiger partial charge is 0.368 e. The lowest BCUT2D eigenvalue weighted by molar-refractivity contribution is -0.380. The highest BCUT2D eigenvalue weighted by atomic mass is 32.1. The summed E-state index contributed by atoms with van der Waals surface area (Å²) in [7, 11) is 0. The van der Waals surface area contributed by atoms with Gasteiger partial charge in [0.25, 0.3) is 0 Å². The standard InChI is InChI=1S/C12H15N5O3S/c1-2-16-5-4-13-11(16)10-8(3-6-20-10)15-12-14-7-9(21-12)17(18)19/h4-5,7-8,10H,2-3,6H2,1H3,(H,14,15)/t8-,10-/m0/s1. The molecule has 0 aliphatic carbocycles. The SMILES string of the molecule is CCn1ccnc1[C@H]1OCC[C@@H]1Nc1ncc([N+](=O)[O-])s1. The molecule has 2 aromatic rings. The summed E-state index contributed by atoms with van der Waals surface area (Å²) in [5, 5.41) is 14.5. The Kier molecular flexibility index (Phi) is 3.84. The quantitative estimate of drug-likeness (QED) is 0.672. The molecule has 0 aromatic carbocycles. The topological polar surface area (TPSA) is 95.1 Å². The van der Waals surface area contributed by atoms with Crippen molar-refractivity contribution in [2.45, 2.75) is 32.0 Å². The Morgan fingerprint density at radius 2 is 2.48 bits per heavy atom. The van der Waals surface area contributed by atoms with Gasteiger partial charge in [0.15, 0.2) is 5.13 Å². The molecule has 0 saturated carbocycles. The van der Waals surface area contributed by atoms with Crippen LogP contribution in [-0.2, 0) is 11.3 Å². The van der Waals surface area contributed by atoms with Crippen molar-refractivity contribution in [3.05, 3.63) is 34.5 Å². The first kappa shape index (κ1) is 14.0.